The number of fused-ring (bicyclic) bond motifs is 1. The third-order valence-electron chi connectivity index (χ3n) is 4.79. The summed E-state index contributed by atoms with van der Waals surface area (Å²) in [5.41, 5.74) is 7.69. The number of pyridine rings is 2. The second-order valence-corrected chi connectivity index (χ2v) is 6.79. The number of carbonyl (C=O) groups excluding carboxylic acids is 2. The Balaban J connectivity index is 1.57. The van der Waals surface area contributed by atoms with Crippen LogP contribution in [-0.4, -0.2) is 21.8 Å². The highest BCUT2D eigenvalue weighted by Gasteiger charge is 2.17. The first-order valence-corrected chi connectivity index (χ1v) is 9.27. The van der Waals surface area contributed by atoms with Crippen LogP contribution in [0.1, 0.15) is 29.6 Å². The second kappa shape index (κ2) is 8.00. The minimum absolute atomic E-state index is 0.198. The van der Waals surface area contributed by atoms with Crippen LogP contribution in [0.5, 0.6) is 0 Å². The minimum Gasteiger partial charge on any atom is -0.273 e. The Hall–Kier alpha value is -3.54. The standard InChI is InChI=1S/C22H20N4O2/c27-21(12-15-6-1-2-7-15)25-26-22(28)18-13-20(16-8-5-11-23-14-16)24-19-10-4-3-9-17(18)19/h1,3-6,8-11,13-15H,2,7,12H2,(H,25,27)(H,26,28)/t15-/m0/s1. The van der Waals surface area contributed by atoms with Crippen molar-refractivity contribution < 1.29 is 9.59 Å². The van der Waals surface area contributed by atoms with Gasteiger partial charge in [-0.15, -0.1) is 0 Å². The lowest BCUT2D eigenvalue weighted by Gasteiger charge is -2.12. The number of nitrogens with one attached hydrogen (secondary N) is 2. The molecule has 0 bridgehead atoms. The number of hydrogen-bond donors (Lipinski definition) is 2. The van der Waals surface area contributed by atoms with E-state index in [1.165, 1.54) is 0 Å². The molecular formula is C22H20N4O2. The van der Waals surface area contributed by atoms with E-state index in [4.69, 9.17) is 0 Å². The number of benzene rings is 1. The molecule has 1 atom stereocenters. The Bertz CT molecular complexity index is 1050. The zero-order valence-corrected chi connectivity index (χ0v) is 15.3. The lowest BCUT2D eigenvalue weighted by molar-refractivity contribution is -0.122. The predicted molar refractivity (Wildman–Crippen MR) is 107 cm³/mol. The van der Waals surface area contributed by atoms with Crippen LogP contribution >= 0.6 is 0 Å². The lowest BCUT2D eigenvalue weighted by Crippen LogP contribution is -2.42. The maximum absolute atomic E-state index is 12.8. The van der Waals surface area contributed by atoms with Gasteiger partial charge in [-0.2, -0.15) is 0 Å². The van der Waals surface area contributed by atoms with Crippen molar-refractivity contribution in [2.75, 3.05) is 0 Å². The van der Waals surface area contributed by atoms with Crippen LogP contribution in [0.4, 0.5) is 0 Å². The van der Waals surface area contributed by atoms with Gasteiger partial charge in [0, 0.05) is 29.8 Å². The molecule has 0 saturated heterocycles. The summed E-state index contributed by atoms with van der Waals surface area (Å²) in [4.78, 5) is 33.7. The van der Waals surface area contributed by atoms with E-state index in [-0.39, 0.29) is 17.7 Å². The molecule has 0 saturated carbocycles. The lowest BCUT2D eigenvalue weighted by atomic mass is 10.0. The summed E-state index contributed by atoms with van der Waals surface area (Å²) in [6.07, 6.45) is 9.88. The molecule has 6 nitrogen and oxygen atoms in total. The van der Waals surface area contributed by atoms with Crippen molar-refractivity contribution in [2.24, 2.45) is 5.92 Å². The molecule has 6 heteroatoms. The number of para-hydroxylation sites is 1. The molecule has 1 aliphatic rings. The van der Waals surface area contributed by atoms with Crippen LogP contribution in [0.15, 0.2) is 67.0 Å². The third kappa shape index (κ3) is 3.91. The molecule has 1 aromatic carbocycles. The van der Waals surface area contributed by atoms with Crippen molar-refractivity contribution in [2.45, 2.75) is 19.3 Å². The molecule has 2 heterocycles. The van der Waals surface area contributed by atoms with Crippen LogP contribution in [0.25, 0.3) is 22.2 Å². The predicted octanol–water partition coefficient (Wildman–Crippen LogP) is 3.41. The van der Waals surface area contributed by atoms with Crippen molar-refractivity contribution in [3.8, 4) is 11.3 Å². The molecular weight excluding hydrogens is 352 g/mol. The van der Waals surface area contributed by atoms with Crippen LogP contribution in [-0.2, 0) is 4.79 Å². The molecule has 2 amide bonds. The quantitative estimate of drug-likeness (QED) is 0.543. The summed E-state index contributed by atoms with van der Waals surface area (Å²) in [5.74, 6) is -0.328. The van der Waals surface area contributed by atoms with E-state index in [1.807, 2.05) is 36.4 Å². The average molecular weight is 372 g/mol. The molecule has 0 fully saturated rings. The molecule has 2 aromatic heterocycles. The summed E-state index contributed by atoms with van der Waals surface area (Å²) in [6.45, 7) is 0. The molecule has 2 N–H and O–H groups in total. The van der Waals surface area contributed by atoms with Gasteiger partial charge in [0.05, 0.1) is 16.8 Å². The maximum Gasteiger partial charge on any atom is 0.270 e. The van der Waals surface area contributed by atoms with Gasteiger partial charge in [0.15, 0.2) is 0 Å². The van der Waals surface area contributed by atoms with E-state index in [0.29, 0.717) is 23.2 Å². The molecule has 4 rings (SSSR count). The van der Waals surface area contributed by atoms with Gasteiger partial charge in [0.25, 0.3) is 5.91 Å². The molecule has 0 radical (unpaired) electrons. The smallest absolute Gasteiger partial charge is 0.270 e. The number of carbonyl (C=O) groups is 2. The van der Waals surface area contributed by atoms with Crippen molar-refractivity contribution in [1.82, 2.24) is 20.8 Å². The van der Waals surface area contributed by atoms with Gasteiger partial charge < -0.3 is 0 Å². The summed E-state index contributed by atoms with van der Waals surface area (Å²) in [7, 11) is 0. The Labute approximate surface area is 162 Å². The van der Waals surface area contributed by atoms with Gasteiger partial charge in [0.1, 0.15) is 0 Å². The zero-order valence-electron chi connectivity index (χ0n) is 15.3. The number of aromatic nitrogens is 2. The van der Waals surface area contributed by atoms with Crippen molar-refractivity contribution in [1.29, 1.82) is 0 Å². The van der Waals surface area contributed by atoms with Crippen molar-refractivity contribution in [3.63, 3.8) is 0 Å². The van der Waals surface area contributed by atoms with E-state index in [1.54, 1.807) is 18.5 Å². The monoisotopic (exact) mass is 372 g/mol. The first-order valence-electron chi connectivity index (χ1n) is 9.27. The van der Waals surface area contributed by atoms with Gasteiger partial charge in [-0.05, 0) is 43.0 Å². The molecule has 1 aliphatic carbocycles. The Morgan fingerprint density at radius 1 is 1.11 bits per heavy atom. The van der Waals surface area contributed by atoms with E-state index < -0.39 is 0 Å². The van der Waals surface area contributed by atoms with Crippen molar-refractivity contribution in [3.05, 3.63) is 72.6 Å². The van der Waals surface area contributed by atoms with E-state index >= 15 is 0 Å². The third-order valence-corrected chi connectivity index (χ3v) is 4.79. The maximum atomic E-state index is 12.8. The Morgan fingerprint density at radius 3 is 2.79 bits per heavy atom. The number of hydrazine groups is 1. The fourth-order valence-corrected chi connectivity index (χ4v) is 3.37. The van der Waals surface area contributed by atoms with Gasteiger partial charge in [-0.1, -0.05) is 30.4 Å². The Morgan fingerprint density at radius 2 is 2.00 bits per heavy atom. The first kappa shape index (κ1) is 17.9. The zero-order chi connectivity index (χ0) is 19.3. The number of allylic oxidation sites excluding steroid dienone is 2. The number of amides is 2. The van der Waals surface area contributed by atoms with Gasteiger partial charge >= 0.3 is 0 Å². The fraction of sp³-hybridized carbons (Fsp3) is 0.182. The SMILES string of the molecule is O=C(C[C@H]1C=CCC1)NNC(=O)c1cc(-c2cccnc2)nc2ccccc12. The summed E-state index contributed by atoms with van der Waals surface area (Å²) in [5, 5.41) is 0.723. The number of nitrogens with zero attached hydrogens (tertiary/aromatic N) is 2. The van der Waals surface area contributed by atoms with Crippen molar-refractivity contribution >= 4 is 22.7 Å². The first-order chi connectivity index (χ1) is 13.7. The number of hydrogen-bond acceptors (Lipinski definition) is 4. The minimum atomic E-state index is -0.376. The number of rotatable bonds is 4. The average Bonchev–Trinajstić information content (AvgIpc) is 3.25. The highest BCUT2D eigenvalue weighted by atomic mass is 16.2. The summed E-state index contributed by atoms with van der Waals surface area (Å²) >= 11 is 0. The fourth-order valence-electron chi connectivity index (χ4n) is 3.37. The second-order valence-electron chi connectivity index (χ2n) is 6.79. The molecule has 140 valence electrons. The van der Waals surface area contributed by atoms with Crippen LogP contribution in [0.3, 0.4) is 0 Å². The van der Waals surface area contributed by atoms with Gasteiger partial charge in [-0.3, -0.25) is 25.4 Å². The van der Waals surface area contributed by atoms with E-state index in [2.05, 4.69) is 33.0 Å². The summed E-state index contributed by atoms with van der Waals surface area (Å²) < 4.78 is 0. The Kier molecular flexibility index (Phi) is 5.10. The van der Waals surface area contributed by atoms with Crippen LogP contribution in [0, 0.1) is 5.92 Å². The van der Waals surface area contributed by atoms with Gasteiger partial charge in [-0.25, -0.2) is 4.98 Å². The molecule has 3 aromatic rings. The van der Waals surface area contributed by atoms with Crippen LogP contribution < -0.4 is 10.9 Å². The molecule has 28 heavy (non-hydrogen) atoms. The normalized spacial score (nSPS) is 15.5. The molecule has 0 unspecified atom stereocenters. The van der Waals surface area contributed by atoms with Gasteiger partial charge in [0.2, 0.25) is 5.91 Å². The topological polar surface area (TPSA) is 84.0 Å². The summed E-state index contributed by atoms with van der Waals surface area (Å²) in [6, 6.07) is 12.9. The molecule has 0 aliphatic heterocycles. The highest BCUT2D eigenvalue weighted by molar-refractivity contribution is 6.07. The molecule has 0 spiro atoms. The van der Waals surface area contributed by atoms with E-state index in [0.717, 1.165) is 23.8 Å². The van der Waals surface area contributed by atoms with E-state index in [9.17, 15) is 9.59 Å². The largest absolute Gasteiger partial charge is 0.273 e. The highest BCUT2D eigenvalue weighted by Crippen LogP contribution is 2.24. The van der Waals surface area contributed by atoms with Crippen LogP contribution in [0.2, 0.25) is 0 Å².